The number of hydrogen-bond acceptors (Lipinski definition) is 9. The topological polar surface area (TPSA) is 129 Å². The number of aromatic nitrogens is 1. The van der Waals surface area contributed by atoms with E-state index in [2.05, 4.69) is 26.6 Å². The zero-order valence-corrected chi connectivity index (χ0v) is 23.9. The Kier molecular flexibility index (Phi) is 6.59. The SMILES string of the molecule is Cc1nc2sc(C(=O)Nc3ccc(CN4CCOCC4)cc3)c3c2c(c1C#N)N(c1c(Cl)ccc2c1OCO2)C(=O)N3. The summed E-state index contributed by atoms with van der Waals surface area (Å²) in [5.41, 5.74) is 3.17. The fourth-order valence-electron chi connectivity index (χ4n) is 5.38. The number of halogens is 1. The van der Waals surface area contributed by atoms with Gasteiger partial charge < -0.3 is 24.8 Å². The molecule has 2 N–H and O–H groups in total. The Morgan fingerprint density at radius 3 is 2.71 bits per heavy atom. The van der Waals surface area contributed by atoms with Gasteiger partial charge in [-0.05, 0) is 36.8 Å². The number of hydrogen-bond donors (Lipinski definition) is 2. The van der Waals surface area contributed by atoms with E-state index >= 15 is 0 Å². The highest BCUT2D eigenvalue weighted by molar-refractivity contribution is 7.21. The first-order chi connectivity index (χ1) is 20.4. The van der Waals surface area contributed by atoms with Gasteiger partial charge in [-0.25, -0.2) is 9.78 Å². The van der Waals surface area contributed by atoms with Gasteiger partial charge in [-0.2, -0.15) is 5.26 Å². The number of carbonyl (C=O) groups is 2. The van der Waals surface area contributed by atoms with Crippen molar-refractivity contribution in [2.45, 2.75) is 13.5 Å². The summed E-state index contributed by atoms with van der Waals surface area (Å²) in [6.07, 6.45) is 0. The lowest BCUT2D eigenvalue weighted by atomic mass is 10.0. The summed E-state index contributed by atoms with van der Waals surface area (Å²) in [4.78, 5) is 36.3. The Labute approximate surface area is 249 Å². The Morgan fingerprint density at radius 2 is 1.95 bits per heavy atom. The molecule has 2 aromatic carbocycles. The lowest BCUT2D eigenvalue weighted by Crippen LogP contribution is -2.35. The van der Waals surface area contributed by atoms with Gasteiger partial charge in [0, 0.05) is 25.3 Å². The predicted octanol–water partition coefficient (Wildman–Crippen LogP) is 5.63. The molecule has 0 bridgehead atoms. The first kappa shape index (κ1) is 26.5. The zero-order valence-electron chi connectivity index (χ0n) is 22.3. The largest absolute Gasteiger partial charge is 0.454 e. The average Bonchev–Trinajstić information content (AvgIpc) is 3.61. The third-order valence-electron chi connectivity index (χ3n) is 7.38. The van der Waals surface area contributed by atoms with Crippen LogP contribution in [0.25, 0.3) is 10.2 Å². The molecule has 7 rings (SSSR count). The van der Waals surface area contributed by atoms with Gasteiger partial charge in [-0.3, -0.25) is 14.6 Å². The molecule has 1 saturated heterocycles. The first-order valence-corrected chi connectivity index (χ1v) is 14.4. The molecule has 2 aromatic heterocycles. The summed E-state index contributed by atoms with van der Waals surface area (Å²) in [6.45, 7) is 5.70. The highest BCUT2D eigenvalue weighted by atomic mass is 35.5. The van der Waals surface area contributed by atoms with Crippen LogP contribution in [-0.2, 0) is 11.3 Å². The predicted molar refractivity (Wildman–Crippen MR) is 158 cm³/mol. The highest BCUT2D eigenvalue weighted by Gasteiger charge is 2.39. The van der Waals surface area contributed by atoms with Crippen LogP contribution in [0, 0.1) is 18.3 Å². The van der Waals surface area contributed by atoms with Crippen LogP contribution in [0.1, 0.15) is 26.5 Å². The minimum atomic E-state index is -0.600. The van der Waals surface area contributed by atoms with Gasteiger partial charge in [0.15, 0.2) is 11.5 Å². The number of morpholine rings is 1. The Morgan fingerprint density at radius 1 is 1.17 bits per heavy atom. The van der Waals surface area contributed by atoms with Crippen LogP contribution in [0.15, 0.2) is 36.4 Å². The van der Waals surface area contributed by atoms with Gasteiger partial charge in [0.1, 0.15) is 21.5 Å². The molecule has 3 amide bonds. The molecule has 212 valence electrons. The second-order valence-electron chi connectivity index (χ2n) is 9.95. The minimum Gasteiger partial charge on any atom is -0.454 e. The summed E-state index contributed by atoms with van der Waals surface area (Å²) >= 11 is 7.73. The number of ether oxygens (including phenoxy) is 3. The molecule has 11 nitrogen and oxygen atoms in total. The molecule has 3 aliphatic heterocycles. The van der Waals surface area contributed by atoms with Crippen molar-refractivity contribution in [2.24, 2.45) is 0 Å². The minimum absolute atomic E-state index is 0.0315. The lowest BCUT2D eigenvalue weighted by molar-refractivity contribution is 0.0342. The molecule has 1 fully saturated rings. The molecule has 0 spiro atoms. The number of amides is 3. The number of thiophene rings is 1. The van der Waals surface area contributed by atoms with Crippen molar-refractivity contribution >= 4 is 67.8 Å². The van der Waals surface area contributed by atoms with Crippen LogP contribution in [0.2, 0.25) is 5.02 Å². The zero-order chi connectivity index (χ0) is 29.0. The van der Waals surface area contributed by atoms with Crippen LogP contribution in [0.4, 0.5) is 27.5 Å². The van der Waals surface area contributed by atoms with Gasteiger partial charge in [0.25, 0.3) is 5.91 Å². The lowest BCUT2D eigenvalue weighted by Gasteiger charge is -2.30. The third kappa shape index (κ3) is 4.38. The second kappa shape index (κ2) is 10.5. The summed E-state index contributed by atoms with van der Waals surface area (Å²) in [5, 5.41) is 16.6. The maximum atomic E-state index is 13.8. The van der Waals surface area contributed by atoms with Crippen molar-refractivity contribution in [3.8, 4) is 17.6 Å². The normalized spacial score (nSPS) is 15.9. The van der Waals surface area contributed by atoms with Gasteiger partial charge in [0.2, 0.25) is 6.79 Å². The number of nitrogens with zero attached hydrogens (tertiary/aromatic N) is 4. The van der Waals surface area contributed by atoms with Gasteiger partial charge in [0.05, 0.1) is 46.3 Å². The maximum absolute atomic E-state index is 13.8. The number of anilines is 4. The number of rotatable bonds is 5. The summed E-state index contributed by atoms with van der Waals surface area (Å²) in [6, 6.07) is 12.5. The number of fused-ring (bicyclic) bond motifs is 1. The number of carbonyl (C=O) groups excluding carboxylic acids is 2. The van der Waals surface area contributed by atoms with E-state index in [1.807, 2.05) is 24.3 Å². The van der Waals surface area contributed by atoms with E-state index in [4.69, 9.17) is 25.8 Å². The number of pyridine rings is 1. The molecule has 13 heteroatoms. The highest BCUT2D eigenvalue weighted by Crippen LogP contribution is 2.53. The van der Waals surface area contributed by atoms with E-state index < -0.39 is 11.9 Å². The molecule has 0 unspecified atom stereocenters. The molecule has 5 heterocycles. The van der Waals surface area contributed by atoms with Crippen molar-refractivity contribution in [3.05, 3.63) is 63.1 Å². The monoisotopic (exact) mass is 602 g/mol. The average molecular weight is 603 g/mol. The van der Waals surface area contributed by atoms with Crippen molar-refractivity contribution in [1.29, 1.82) is 5.26 Å². The molecule has 0 saturated carbocycles. The number of nitrogens with one attached hydrogen (secondary N) is 2. The van der Waals surface area contributed by atoms with Gasteiger partial charge >= 0.3 is 6.03 Å². The Bertz CT molecular complexity index is 1810. The molecule has 0 aliphatic carbocycles. The fraction of sp³-hybridized carbons (Fsp3) is 0.241. The van der Waals surface area contributed by atoms with E-state index in [1.165, 1.54) is 4.90 Å². The first-order valence-electron chi connectivity index (χ1n) is 13.2. The molecule has 4 aromatic rings. The van der Waals surface area contributed by atoms with Gasteiger partial charge in [-0.1, -0.05) is 23.7 Å². The molecule has 3 aliphatic rings. The second-order valence-corrected chi connectivity index (χ2v) is 11.4. The number of benzene rings is 2. The molecule has 0 radical (unpaired) electrons. The summed E-state index contributed by atoms with van der Waals surface area (Å²) < 4.78 is 16.6. The van der Waals surface area contributed by atoms with Crippen molar-refractivity contribution in [2.75, 3.05) is 48.6 Å². The standard InChI is InChI=1S/C29H23ClN6O5S/c1-15-18(12-31)23-21-22(34-29(38)36(23)24-19(30)6-7-20-25(24)41-14-40-20)26(42-28(21)32-15)27(37)33-17-4-2-16(3-5-17)13-35-8-10-39-11-9-35/h2-7H,8-11,13-14H2,1H3,(H,33,37)(H,34,38). The molecular formula is C29H23ClN6O5S. The van der Waals surface area contributed by atoms with Crippen molar-refractivity contribution in [1.82, 2.24) is 9.88 Å². The van der Waals surface area contributed by atoms with Crippen molar-refractivity contribution < 1.29 is 23.8 Å². The van der Waals surface area contributed by atoms with E-state index in [0.29, 0.717) is 27.3 Å². The molecular weight excluding hydrogens is 580 g/mol. The van der Waals surface area contributed by atoms with E-state index in [-0.39, 0.29) is 45.1 Å². The quantitative estimate of drug-likeness (QED) is 0.301. The van der Waals surface area contributed by atoms with Crippen LogP contribution >= 0.6 is 22.9 Å². The van der Waals surface area contributed by atoms with Crippen LogP contribution < -0.4 is 25.0 Å². The number of aryl methyl sites for hydroxylation is 1. The van der Waals surface area contributed by atoms with Crippen LogP contribution in [0.5, 0.6) is 11.5 Å². The van der Waals surface area contributed by atoms with E-state index in [9.17, 15) is 14.9 Å². The summed E-state index contributed by atoms with van der Waals surface area (Å²) in [5.74, 6) is 0.313. The van der Waals surface area contributed by atoms with E-state index in [1.54, 1.807) is 19.1 Å². The molecule has 42 heavy (non-hydrogen) atoms. The Balaban J connectivity index is 1.26. The smallest absolute Gasteiger partial charge is 0.331 e. The van der Waals surface area contributed by atoms with Crippen LogP contribution in [-0.4, -0.2) is 54.9 Å². The van der Waals surface area contributed by atoms with Crippen LogP contribution in [0.3, 0.4) is 0 Å². The number of urea groups is 1. The third-order valence-corrected chi connectivity index (χ3v) is 8.77. The van der Waals surface area contributed by atoms with Crippen molar-refractivity contribution in [3.63, 3.8) is 0 Å². The Hall–Kier alpha value is -4.41. The number of nitriles is 1. The fourth-order valence-corrected chi connectivity index (χ4v) is 6.69. The maximum Gasteiger partial charge on any atom is 0.331 e. The van der Waals surface area contributed by atoms with Gasteiger partial charge in [-0.15, -0.1) is 11.3 Å². The summed E-state index contributed by atoms with van der Waals surface area (Å²) in [7, 11) is 0. The van der Waals surface area contributed by atoms with E-state index in [0.717, 1.165) is 49.7 Å². The molecule has 0 atom stereocenters.